The van der Waals surface area contributed by atoms with Gasteiger partial charge < -0.3 is 4.74 Å². The summed E-state index contributed by atoms with van der Waals surface area (Å²) in [6.07, 6.45) is 0. The summed E-state index contributed by atoms with van der Waals surface area (Å²) < 4.78 is 5.08. The van der Waals surface area contributed by atoms with Crippen LogP contribution in [0.5, 0.6) is 5.88 Å². The fourth-order valence-electron chi connectivity index (χ4n) is 0.700. The lowest BCUT2D eigenvalue weighted by molar-refractivity contribution is 0.327. The van der Waals surface area contributed by atoms with E-state index in [1.54, 1.807) is 6.92 Å². The van der Waals surface area contributed by atoms with Crippen molar-refractivity contribution in [1.82, 2.24) is 4.98 Å². The summed E-state index contributed by atoms with van der Waals surface area (Å²) in [5, 5.41) is 0.556. The van der Waals surface area contributed by atoms with Crippen LogP contribution in [0.4, 0.5) is 0 Å². The van der Waals surface area contributed by atoms with Crippen LogP contribution in [0.2, 0.25) is 20.2 Å². The Balaban J connectivity index is 3.24. The first-order valence-electron chi connectivity index (χ1n) is 3.40. The van der Waals surface area contributed by atoms with Gasteiger partial charge in [-0.3, -0.25) is 0 Å². The Kier molecular flexibility index (Phi) is 3.92. The van der Waals surface area contributed by atoms with Gasteiger partial charge in [0.25, 0.3) is 0 Å². The quantitative estimate of drug-likeness (QED) is 0.748. The van der Waals surface area contributed by atoms with Crippen LogP contribution in [0, 0.1) is 0 Å². The second kappa shape index (κ2) is 4.56. The lowest BCUT2D eigenvalue weighted by Gasteiger charge is -2.07. The SMILES string of the molecule is CCOc1nc(Cl)c(Cl)c(Cl)c1Cl. The summed E-state index contributed by atoms with van der Waals surface area (Å²) in [5.41, 5.74) is 0. The van der Waals surface area contributed by atoms with Crippen molar-refractivity contribution in [2.24, 2.45) is 0 Å². The molecule has 0 unspecified atom stereocenters. The maximum absolute atomic E-state index is 5.79. The van der Waals surface area contributed by atoms with Crippen LogP contribution in [0.15, 0.2) is 0 Å². The molecule has 1 heterocycles. The molecular weight excluding hydrogens is 256 g/mol. The van der Waals surface area contributed by atoms with E-state index in [0.29, 0.717) is 6.61 Å². The third-order valence-corrected chi connectivity index (χ3v) is 2.90. The lowest BCUT2D eigenvalue weighted by Crippen LogP contribution is -1.96. The molecule has 0 atom stereocenters. The van der Waals surface area contributed by atoms with Crippen molar-refractivity contribution < 1.29 is 4.74 Å². The average molecular weight is 261 g/mol. The second-order valence-corrected chi connectivity index (χ2v) is 3.57. The molecule has 13 heavy (non-hydrogen) atoms. The third-order valence-electron chi connectivity index (χ3n) is 1.24. The molecule has 0 saturated carbocycles. The average Bonchev–Trinajstić information content (AvgIpc) is 2.11. The standard InChI is InChI=1S/C7H5Cl4NO/c1-2-13-7-5(10)3(8)4(9)6(11)12-7/h2H2,1H3. The Bertz CT molecular complexity index is 329. The summed E-state index contributed by atoms with van der Waals surface area (Å²) in [6.45, 7) is 2.23. The first kappa shape index (κ1) is 11.2. The van der Waals surface area contributed by atoms with E-state index >= 15 is 0 Å². The fourth-order valence-corrected chi connectivity index (χ4v) is 1.47. The first-order chi connectivity index (χ1) is 6.07. The number of pyridine rings is 1. The molecule has 2 nitrogen and oxygen atoms in total. The zero-order valence-electron chi connectivity index (χ0n) is 6.57. The number of hydrogen-bond acceptors (Lipinski definition) is 2. The van der Waals surface area contributed by atoms with E-state index < -0.39 is 0 Å². The number of rotatable bonds is 2. The van der Waals surface area contributed by atoms with Gasteiger partial charge in [0.2, 0.25) is 5.88 Å². The zero-order valence-corrected chi connectivity index (χ0v) is 9.60. The number of halogens is 4. The van der Waals surface area contributed by atoms with E-state index in [1.165, 1.54) is 0 Å². The smallest absolute Gasteiger partial charge is 0.235 e. The molecule has 1 rings (SSSR count). The molecule has 1 aromatic heterocycles. The van der Waals surface area contributed by atoms with Gasteiger partial charge in [0.05, 0.1) is 16.7 Å². The Morgan fingerprint density at radius 2 is 1.69 bits per heavy atom. The van der Waals surface area contributed by atoms with Crippen molar-refractivity contribution in [2.75, 3.05) is 6.61 Å². The van der Waals surface area contributed by atoms with E-state index in [1.807, 2.05) is 0 Å². The molecule has 0 aromatic carbocycles. The largest absolute Gasteiger partial charge is 0.477 e. The van der Waals surface area contributed by atoms with Crippen LogP contribution in [0.25, 0.3) is 0 Å². The number of nitrogens with zero attached hydrogens (tertiary/aromatic N) is 1. The van der Waals surface area contributed by atoms with Gasteiger partial charge in [0, 0.05) is 0 Å². The fraction of sp³-hybridized carbons (Fsp3) is 0.286. The van der Waals surface area contributed by atoms with Crippen LogP contribution < -0.4 is 4.74 Å². The predicted molar refractivity (Wildman–Crippen MR) is 55.4 cm³/mol. The van der Waals surface area contributed by atoms with Crippen LogP contribution in [0.1, 0.15) is 6.92 Å². The van der Waals surface area contributed by atoms with Crippen LogP contribution in [-0.4, -0.2) is 11.6 Å². The first-order valence-corrected chi connectivity index (χ1v) is 4.91. The van der Waals surface area contributed by atoms with Crippen molar-refractivity contribution in [2.45, 2.75) is 6.92 Å². The van der Waals surface area contributed by atoms with E-state index in [2.05, 4.69) is 4.98 Å². The number of ether oxygens (including phenoxy) is 1. The van der Waals surface area contributed by atoms with Gasteiger partial charge in [-0.25, -0.2) is 0 Å². The Morgan fingerprint density at radius 3 is 2.23 bits per heavy atom. The summed E-state index contributed by atoms with van der Waals surface area (Å²) in [6, 6.07) is 0. The molecule has 0 amide bonds. The topological polar surface area (TPSA) is 22.1 Å². The third kappa shape index (κ3) is 2.32. The second-order valence-electron chi connectivity index (χ2n) is 2.08. The molecule has 0 bridgehead atoms. The molecule has 0 fully saturated rings. The van der Waals surface area contributed by atoms with Crippen LogP contribution in [0.3, 0.4) is 0 Å². The Morgan fingerprint density at radius 1 is 1.08 bits per heavy atom. The molecule has 0 radical (unpaired) electrons. The molecule has 0 spiro atoms. The van der Waals surface area contributed by atoms with E-state index in [-0.39, 0.29) is 26.1 Å². The molecule has 6 heteroatoms. The van der Waals surface area contributed by atoms with Crippen LogP contribution >= 0.6 is 46.4 Å². The van der Waals surface area contributed by atoms with Gasteiger partial charge >= 0.3 is 0 Å². The molecule has 0 aliphatic carbocycles. The van der Waals surface area contributed by atoms with Crippen molar-refractivity contribution in [3.05, 3.63) is 20.2 Å². The minimum Gasteiger partial charge on any atom is -0.477 e. The van der Waals surface area contributed by atoms with E-state index in [0.717, 1.165) is 0 Å². The minimum atomic E-state index is 0.0829. The van der Waals surface area contributed by atoms with Crippen molar-refractivity contribution in [3.63, 3.8) is 0 Å². The highest BCUT2D eigenvalue weighted by Gasteiger charge is 2.15. The Hall–Kier alpha value is 0.110. The molecule has 1 aromatic rings. The normalized spacial score (nSPS) is 10.2. The summed E-state index contributed by atoms with van der Waals surface area (Å²) in [4.78, 5) is 3.82. The number of aromatic nitrogens is 1. The van der Waals surface area contributed by atoms with Crippen LogP contribution in [-0.2, 0) is 0 Å². The molecule has 72 valence electrons. The molecule has 0 aliphatic rings. The minimum absolute atomic E-state index is 0.0829. The molecule has 0 aliphatic heterocycles. The van der Waals surface area contributed by atoms with E-state index in [9.17, 15) is 0 Å². The molecule has 0 N–H and O–H groups in total. The van der Waals surface area contributed by atoms with Gasteiger partial charge in [0.1, 0.15) is 5.02 Å². The van der Waals surface area contributed by atoms with Gasteiger partial charge in [-0.05, 0) is 6.92 Å². The monoisotopic (exact) mass is 259 g/mol. The van der Waals surface area contributed by atoms with Gasteiger partial charge in [-0.1, -0.05) is 46.4 Å². The number of hydrogen-bond donors (Lipinski definition) is 0. The van der Waals surface area contributed by atoms with Gasteiger partial charge in [0.15, 0.2) is 5.15 Å². The maximum Gasteiger partial charge on any atom is 0.235 e. The summed E-state index contributed by atoms with van der Waals surface area (Å²) in [7, 11) is 0. The highest BCUT2D eigenvalue weighted by Crippen LogP contribution is 2.39. The zero-order chi connectivity index (χ0) is 10.0. The highest BCUT2D eigenvalue weighted by atomic mass is 35.5. The summed E-state index contributed by atoms with van der Waals surface area (Å²) >= 11 is 22.9. The summed E-state index contributed by atoms with van der Waals surface area (Å²) in [5.74, 6) is 0.198. The van der Waals surface area contributed by atoms with Gasteiger partial charge in [-0.2, -0.15) is 4.98 Å². The van der Waals surface area contributed by atoms with Crippen molar-refractivity contribution in [3.8, 4) is 5.88 Å². The van der Waals surface area contributed by atoms with Gasteiger partial charge in [-0.15, -0.1) is 0 Å². The molecular formula is C7H5Cl4NO. The maximum atomic E-state index is 5.79. The van der Waals surface area contributed by atoms with E-state index in [4.69, 9.17) is 51.1 Å². The van der Waals surface area contributed by atoms with Crippen molar-refractivity contribution >= 4 is 46.4 Å². The highest BCUT2D eigenvalue weighted by molar-refractivity contribution is 6.51. The van der Waals surface area contributed by atoms with Crippen molar-refractivity contribution in [1.29, 1.82) is 0 Å². The lowest BCUT2D eigenvalue weighted by atomic mass is 10.5. The Labute approximate surface area is 95.7 Å². The predicted octanol–water partition coefficient (Wildman–Crippen LogP) is 4.09. The molecule has 0 saturated heterocycles.